The van der Waals surface area contributed by atoms with Crippen molar-refractivity contribution in [1.29, 1.82) is 0 Å². The molecular weight excluding hydrogens is 210 g/mol. The van der Waals surface area contributed by atoms with Gasteiger partial charge in [0.05, 0.1) is 6.10 Å². The van der Waals surface area contributed by atoms with E-state index in [2.05, 4.69) is 11.8 Å². The van der Waals surface area contributed by atoms with Crippen LogP contribution in [0.25, 0.3) is 0 Å². The predicted molar refractivity (Wildman–Crippen MR) is 72.1 cm³/mol. The van der Waals surface area contributed by atoms with Crippen LogP contribution in [0, 0.1) is 5.92 Å². The summed E-state index contributed by atoms with van der Waals surface area (Å²) in [6.07, 6.45) is 11.5. The summed E-state index contributed by atoms with van der Waals surface area (Å²) in [4.78, 5) is 2.67. The fourth-order valence-corrected chi connectivity index (χ4v) is 3.10. The number of hydrogen-bond donors (Lipinski definition) is 1. The summed E-state index contributed by atoms with van der Waals surface area (Å²) in [7, 11) is 0. The van der Waals surface area contributed by atoms with Gasteiger partial charge in [-0.05, 0) is 44.6 Å². The first-order chi connectivity index (χ1) is 8.31. The Morgan fingerprint density at radius 3 is 2.53 bits per heavy atom. The Labute approximate surface area is 106 Å². The first-order valence-electron chi connectivity index (χ1n) is 7.73. The van der Waals surface area contributed by atoms with Crippen LogP contribution >= 0.6 is 0 Å². The summed E-state index contributed by atoms with van der Waals surface area (Å²) in [6.45, 7) is 4.68. The number of aliphatic hydroxyl groups is 1. The molecule has 0 saturated heterocycles. The molecule has 2 heteroatoms. The van der Waals surface area contributed by atoms with E-state index in [1.54, 1.807) is 0 Å². The standard InChI is InChI=1S/C15H29NO/c1-2-3-11-16(14-9-10-14)12-13-7-5-4-6-8-15(13)17/h13-15,17H,2-12H2,1H3. The van der Waals surface area contributed by atoms with Gasteiger partial charge in [0.2, 0.25) is 0 Å². The number of hydrogen-bond acceptors (Lipinski definition) is 2. The van der Waals surface area contributed by atoms with Crippen LogP contribution in [0.3, 0.4) is 0 Å². The number of nitrogens with zero attached hydrogens (tertiary/aromatic N) is 1. The second-order valence-electron chi connectivity index (χ2n) is 6.05. The van der Waals surface area contributed by atoms with Crippen LogP contribution in [0.4, 0.5) is 0 Å². The fraction of sp³-hybridized carbons (Fsp3) is 1.00. The minimum absolute atomic E-state index is 0.0274. The van der Waals surface area contributed by atoms with Crippen molar-refractivity contribution in [3.05, 3.63) is 0 Å². The number of aliphatic hydroxyl groups excluding tert-OH is 1. The largest absolute Gasteiger partial charge is 0.393 e. The topological polar surface area (TPSA) is 23.5 Å². The third-order valence-electron chi connectivity index (χ3n) is 4.45. The van der Waals surface area contributed by atoms with Crippen molar-refractivity contribution in [2.75, 3.05) is 13.1 Å². The van der Waals surface area contributed by atoms with Crippen molar-refractivity contribution in [2.24, 2.45) is 5.92 Å². The molecule has 0 spiro atoms. The Kier molecular flexibility index (Phi) is 5.30. The first kappa shape index (κ1) is 13.4. The average molecular weight is 239 g/mol. The molecule has 0 bridgehead atoms. The minimum Gasteiger partial charge on any atom is -0.393 e. The normalized spacial score (nSPS) is 30.5. The van der Waals surface area contributed by atoms with Gasteiger partial charge in [0.1, 0.15) is 0 Å². The average Bonchev–Trinajstić information content (AvgIpc) is 3.14. The zero-order valence-corrected chi connectivity index (χ0v) is 11.4. The van der Waals surface area contributed by atoms with E-state index < -0.39 is 0 Å². The molecule has 2 aliphatic rings. The molecule has 2 aliphatic carbocycles. The van der Waals surface area contributed by atoms with Crippen molar-refractivity contribution < 1.29 is 5.11 Å². The van der Waals surface area contributed by atoms with Crippen molar-refractivity contribution in [3.63, 3.8) is 0 Å². The molecule has 2 fully saturated rings. The Bertz CT molecular complexity index is 215. The number of unbranched alkanes of at least 4 members (excludes halogenated alkanes) is 1. The van der Waals surface area contributed by atoms with E-state index in [-0.39, 0.29) is 6.10 Å². The van der Waals surface area contributed by atoms with Gasteiger partial charge >= 0.3 is 0 Å². The van der Waals surface area contributed by atoms with E-state index in [0.29, 0.717) is 5.92 Å². The smallest absolute Gasteiger partial charge is 0.0580 e. The molecule has 0 aromatic heterocycles. The van der Waals surface area contributed by atoms with Crippen LogP contribution in [0.1, 0.15) is 64.7 Å². The van der Waals surface area contributed by atoms with Crippen molar-refractivity contribution in [2.45, 2.75) is 76.9 Å². The molecule has 0 aromatic rings. The molecule has 0 aromatic carbocycles. The van der Waals surface area contributed by atoms with Crippen molar-refractivity contribution in [3.8, 4) is 0 Å². The summed E-state index contributed by atoms with van der Waals surface area (Å²) in [5.41, 5.74) is 0. The predicted octanol–water partition coefficient (Wildman–Crippen LogP) is 3.19. The van der Waals surface area contributed by atoms with Gasteiger partial charge in [-0.25, -0.2) is 0 Å². The molecule has 0 amide bonds. The molecule has 17 heavy (non-hydrogen) atoms. The highest BCUT2D eigenvalue weighted by Gasteiger charge is 2.32. The second kappa shape index (κ2) is 6.75. The van der Waals surface area contributed by atoms with Gasteiger partial charge in [0.25, 0.3) is 0 Å². The van der Waals surface area contributed by atoms with Crippen molar-refractivity contribution >= 4 is 0 Å². The summed E-state index contributed by atoms with van der Waals surface area (Å²) >= 11 is 0. The minimum atomic E-state index is -0.0274. The van der Waals surface area contributed by atoms with Gasteiger partial charge in [0.15, 0.2) is 0 Å². The maximum Gasteiger partial charge on any atom is 0.0580 e. The SMILES string of the molecule is CCCCN(CC1CCCCCC1O)C1CC1. The third-order valence-corrected chi connectivity index (χ3v) is 4.45. The highest BCUT2D eigenvalue weighted by atomic mass is 16.3. The lowest BCUT2D eigenvalue weighted by atomic mass is 9.96. The fourth-order valence-electron chi connectivity index (χ4n) is 3.10. The molecule has 2 nitrogen and oxygen atoms in total. The van der Waals surface area contributed by atoms with E-state index in [0.717, 1.165) is 19.0 Å². The van der Waals surface area contributed by atoms with Crippen LogP contribution in [-0.2, 0) is 0 Å². The molecule has 2 atom stereocenters. The van der Waals surface area contributed by atoms with Crippen LogP contribution < -0.4 is 0 Å². The summed E-state index contributed by atoms with van der Waals surface area (Å²) < 4.78 is 0. The van der Waals surface area contributed by atoms with Gasteiger partial charge in [-0.15, -0.1) is 0 Å². The summed E-state index contributed by atoms with van der Waals surface area (Å²) in [5, 5.41) is 10.2. The molecule has 1 N–H and O–H groups in total. The van der Waals surface area contributed by atoms with Gasteiger partial charge in [0, 0.05) is 12.6 Å². The van der Waals surface area contributed by atoms with E-state index in [1.165, 1.54) is 57.9 Å². The van der Waals surface area contributed by atoms with E-state index in [9.17, 15) is 5.11 Å². The zero-order valence-electron chi connectivity index (χ0n) is 11.4. The Morgan fingerprint density at radius 2 is 1.82 bits per heavy atom. The van der Waals surface area contributed by atoms with E-state index in [4.69, 9.17) is 0 Å². The van der Waals surface area contributed by atoms with Gasteiger partial charge < -0.3 is 10.0 Å². The van der Waals surface area contributed by atoms with Crippen LogP contribution in [0.15, 0.2) is 0 Å². The summed E-state index contributed by atoms with van der Waals surface area (Å²) in [6, 6.07) is 0.858. The van der Waals surface area contributed by atoms with E-state index >= 15 is 0 Å². The maximum absolute atomic E-state index is 10.2. The highest BCUT2D eigenvalue weighted by Crippen LogP contribution is 2.31. The summed E-state index contributed by atoms with van der Waals surface area (Å²) in [5.74, 6) is 0.551. The number of rotatable bonds is 6. The highest BCUT2D eigenvalue weighted by molar-refractivity contribution is 4.87. The van der Waals surface area contributed by atoms with E-state index in [1.807, 2.05) is 0 Å². The first-order valence-corrected chi connectivity index (χ1v) is 7.73. The molecule has 100 valence electrons. The Hall–Kier alpha value is -0.0800. The molecule has 0 radical (unpaired) electrons. The van der Waals surface area contributed by atoms with Gasteiger partial charge in [-0.3, -0.25) is 0 Å². The van der Waals surface area contributed by atoms with Crippen molar-refractivity contribution in [1.82, 2.24) is 4.90 Å². The Balaban J connectivity index is 1.82. The molecule has 2 saturated carbocycles. The van der Waals surface area contributed by atoms with Crippen LogP contribution in [0.5, 0.6) is 0 Å². The lowest BCUT2D eigenvalue weighted by Gasteiger charge is -2.29. The zero-order chi connectivity index (χ0) is 12.1. The second-order valence-corrected chi connectivity index (χ2v) is 6.05. The molecule has 0 heterocycles. The van der Waals surface area contributed by atoms with Crippen LogP contribution in [-0.4, -0.2) is 35.2 Å². The monoisotopic (exact) mass is 239 g/mol. The van der Waals surface area contributed by atoms with Gasteiger partial charge in [-0.2, -0.15) is 0 Å². The lowest BCUT2D eigenvalue weighted by molar-refractivity contribution is 0.0707. The van der Waals surface area contributed by atoms with Gasteiger partial charge in [-0.1, -0.05) is 32.6 Å². The Morgan fingerprint density at radius 1 is 1.06 bits per heavy atom. The third kappa shape index (κ3) is 4.26. The molecular formula is C15H29NO. The molecule has 2 unspecified atom stereocenters. The molecule has 0 aliphatic heterocycles. The maximum atomic E-state index is 10.2. The lowest BCUT2D eigenvalue weighted by Crippen LogP contribution is -2.36. The van der Waals surface area contributed by atoms with Crippen LogP contribution in [0.2, 0.25) is 0 Å². The quantitative estimate of drug-likeness (QED) is 0.720. The molecule has 2 rings (SSSR count).